The normalized spacial score (nSPS) is 24.5. The molecule has 2 atom stereocenters. The van der Waals surface area contributed by atoms with E-state index in [1.807, 2.05) is 6.07 Å². The molecule has 0 amide bonds. The van der Waals surface area contributed by atoms with Gasteiger partial charge in [-0.1, -0.05) is 50.6 Å². The monoisotopic (exact) mass is 485 g/mol. The summed E-state index contributed by atoms with van der Waals surface area (Å²) in [5, 5.41) is 0. The fourth-order valence-electron chi connectivity index (χ4n) is 5.60. The van der Waals surface area contributed by atoms with E-state index in [1.165, 1.54) is 83.2 Å². The van der Waals surface area contributed by atoms with E-state index in [2.05, 4.69) is 94.4 Å². The second kappa shape index (κ2) is 16.0. The van der Waals surface area contributed by atoms with Crippen molar-refractivity contribution < 1.29 is 0 Å². The second-order valence-corrected chi connectivity index (χ2v) is 12.3. The van der Waals surface area contributed by atoms with Crippen molar-refractivity contribution in [1.82, 2.24) is 14.7 Å². The van der Waals surface area contributed by atoms with E-state index >= 15 is 0 Å². The van der Waals surface area contributed by atoms with Crippen LogP contribution in [0.1, 0.15) is 112 Å². The first-order chi connectivity index (χ1) is 16.7. The lowest BCUT2D eigenvalue weighted by molar-refractivity contribution is 0.185. The Balaban J connectivity index is 0.000000165. The van der Waals surface area contributed by atoms with Crippen molar-refractivity contribution >= 4 is 0 Å². The number of benzene rings is 1. The minimum absolute atomic E-state index is 0.659. The molecular formula is C32H59N3. The third-order valence-electron chi connectivity index (χ3n) is 8.19. The summed E-state index contributed by atoms with van der Waals surface area (Å²) < 4.78 is 0. The van der Waals surface area contributed by atoms with Crippen LogP contribution in [0.5, 0.6) is 0 Å². The molecule has 1 saturated carbocycles. The lowest BCUT2D eigenvalue weighted by Crippen LogP contribution is -2.35. The van der Waals surface area contributed by atoms with Crippen molar-refractivity contribution in [2.24, 2.45) is 5.92 Å². The Bertz CT molecular complexity index is 642. The topological polar surface area (TPSA) is 9.72 Å². The van der Waals surface area contributed by atoms with Crippen LogP contribution in [0.25, 0.3) is 0 Å². The zero-order chi connectivity index (χ0) is 25.8. The summed E-state index contributed by atoms with van der Waals surface area (Å²) in [4.78, 5) is 7.73. The summed E-state index contributed by atoms with van der Waals surface area (Å²) in [5.74, 6) is 1.76. The van der Waals surface area contributed by atoms with Gasteiger partial charge in [0.1, 0.15) is 0 Å². The minimum Gasteiger partial charge on any atom is -0.301 e. The van der Waals surface area contributed by atoms with Gasteiger partial charge in [-0.15, -0.1) is 0 Å². The average molecular weight is 486 g/mol. The molecule has 0 unspecified atom stereocenters. The molecule has 3 aliphatic heterocycles. The van der Waals surface area contributed by atoms with Gasteiger partial charge in [0.25, 0.3) is 0 Å². The number of rotatable bonds is 4. The molecule has 4 aliphatic rings. The molecule has 3 saturated heterocycles. The van der Waals surface area contributed by atoms with Crippen molar-refractivity contribution in [2.75, 3.05) is 32.7 Å². The summed E-state index contributed by atoms with van der Waals surface area (Å²) >= 11 is 0. The van der Waals surface area contributed by atoms with Crippen LogP contribution in [-0.4, -0.2) is 71.6 Å². The first-order valence-corrected chi connectivity index (χ1v) is 15.0. The molecule has 1 aromatic rings. The Kier molecular flexibility index (Phi) is 13.9. The molecule has 3 nitrogen and oxygen atoms in total. The fourth-order valence-corrected chi connectivity index (χ4v) is 5.60. The van der Waals surface area contributed by atoms with Crippen LogP contribution in [-0.2, 0) is 0 Å². The van der Waals surface area contributed by atoms with Crippen LogP contribution in [0.3, 0.4) is 0 Å². The second-order valence-electron chi connectivity index (χ2n) is 12.3. The molecular weight excluding hydrogens is 426 g/mol. The smallest absolute Gasteiger partial charge is 0.0130 e. The van der Waals surface area contributed by atoms with Crippen molar-refractivity contribution in [3.05, 3.63) is 35.9 Å². The third kappa shape index (κ3) is 11.4. The Labute approximate surface area is 219 Å². The van der Waals surface area contributed by atoms with E-state index < -0.39 is 0 Å². The summed E-state index contributed by atoms with van der Waals surface area (Å²) in [5.41, 5.74) is 1.41. The molecule has 202 valence electrons. The predicted octanol–water partition coefficient (Wildman–Crippen LogP) is 7.67. The van der Waals surface area contributed by atoms with Crippen LogP contribution in [0.15, 0.2) is 30.3 Å². The molecule has 0 bridgehead atoms. The standard InChI is InChI=1S/C9H12.C8H15N.C8H17N.C7H15N/c1-8(2)9-6-4-3-5-7-9;1-6(2)9-4-3-7-5-8(7)9;1-8(2)9-6-4-3-5-7-9;1-7(2)8-5-3-4-6-8/h3-8H,1-2H3;6-8H,3-5H2,1-2H3;8H,3-7H2,1-2H3;7H,3-6H2,1-2H3/t;7-,8+;;/m.0../s1. The van der Waals surface area contributed by atoms with Crippen LogP contribution in [0.2, 0.25) is 0 Å². The summed E-state index contributed by atoms with van der Waals surface area (Å²) in [6, 6.07) is 13.9. The van der Waals surface area contributed by atoms with Gasteiger partial charge in [-0.05, 0) is 130 Å². The van der Waals surface area contributed by atoms with E-state index in [-0.39, 0.29) is 0 Å². The van der Waals surface area contributed by atoms with Gasteiger partial charge in [-0.2, -0.15) is 0 Å². The number of hydrogen-bond donors (Lipinski definition) is 0. The first-order valence-electron chi connectivity index (χ1n) is 15.0. The first kappa shape index (κ1) is 30.3. The quantitative estimate of drug-likeness (QED) is 0.433. The number of fused-ring (bicyclic) bond motifs is 1. The molecule has 4 fully saturated rings. The largest absolute Gasteiger partial charge is 0.301 e. The van der Waals surface area contributed by atoms with E-state index in [0.717, 1.165) is 30.1 Å². The Morgan fingerprint density at radius 1 is 0.600 bits per heavy atom. The maximum Gasteiger partial charge on any atom is 0.0130 e. The van der Waals surface area contributed by atoms with E-state index in [9.17, 15) is 0 Å². The van der Waals surface area contributed by atoms with Gasteiger partial charge in [-0.3, -0.25) is 4.90 Å². The molecule has 0 N–H and O–H groups in total. The number of nitrogens with zero attached hydrogens (tertiary/aromatic N) is 3. The van der Waals surface area contributed by atoms with E-state index in [1.54, 1.807) is 0 Å². The molecule has 0 aromatic heterocycles. The zero-order valence-electron chi connectivity index (χ0n) is 24.7. The molecule has 0 radical (unpaired) electrons. The predicted molar refractivity (Wildman–Crippen MR) is 155 cm³/mol. The van der Waals surface area contributed by atoms with Crippen LogP contribution in [0.4, 0.5) is 0 Å². The van der Waals surface area contributed by atoms with Crippen LogP contribution >= 0.6 is 0 Å². The van der Waals surface area contributed by atoms with Crippen molar-refractivity contribution in [3.8, 4) is 0 Å². The molecule has 3 heterocycles. The van der Waals surface area contributed by atoms with Gasteiger partial charge < -0.3 is 9.80 Å². The molecule has 1 aliphatic carbocycles. The number of piperidine rings is 2. The van der Waals surface area contributed by atoms with Gasteiger partial charge >= 0.3 is 0 Å². The van der Waals surface area contributed by atoms with E-state index in [0.29, 0.717) is 5.92 Å². The zero-order valence-corrected chi connectivity index (χ0v) is 24.7. The highest BCUT2D eigenvalue weighted by Crippen LogP contribution is 2.45. The van der Waals surface area contributed by atoms with Crippen LogP contribution < -0.4 is 0 Å². The molecule has 35 heavy (non-hydrogen) atoms. The Morgan fingerprint density at radius 3 is 1.34 bits per heavy atom. The minimum atomic E-state index is 0.659. The van der Waals surface area contributed by atoms with Gasteiger partial charge in [0.15, 0.2) is 0 Å². The van der Waals surface area contributed by atoms with Crippen LogP contribution in [0, 0.1) is 5.92 Å². The Hall–Kier alpha value is -0.900. The molecule has 1 aromatic carbocycles. The van der Waals surface area contributed by atoms with Gasteiger partial charge in [0, 0.05) is 24.2 Å². The van der Waals surface area contributed by atoms with Crippen molar-refractivity contribution in [1.29, 1.82) is 0 Å². The summed E-state index contributed by atoms with van der Waals surface area (Å²) in [7, 11) is 0. The van der Waals surface area contributed by atoms with Gasteiger partial charge in [0.05, 0.1) is 0 Å². The summed E-state index contributed by atoms with van der Waals surface area (Å²) in [6.45, 7) is 24.8. The highest BCUT2D eigenvalue weighted by molar-refractivity contribution is 5.17. The number of hydrogen-bond acceptors (Lipinski definition) is 3. The average Bonchev–Trinajstić information content (AvgIpc) is 3.24. The van der Waals surface area contributed by atoms with E-state index in [4.69, 9.17) is 0 Å². The molecule has 3 heteroatoms. The maximum atomic E-state index is 2.64. The maximum absolute atomic E-state index is 2.64. The Morgan fingerprint density at radius 2 is 1.09 bits per heavy atom. The summed E-state index contributed by atoms with van der Waals surface area (Å²) in [6.07, 6.45) is 10.1. The van der Waals surface area contributed by atoms with Crippen molar-refractivity contribution in [2.45, 2.75) is 130 Å². The van der Waals surface area contributed by atoms with Crippen molar-refractivity contribution in [3.63, 3.8) is 0 Å². The van der Waals surface area contributed by atoms with Gasteiger partial charge in [0.2, 0.25) is 0 Å². The SMILES string of the molecule is CC(C)N1CCCC1.CC(C)N1CCCCC1.CC(C)N1CC[C@H]2C[C@H]21.CC(C)c1ccccc1. The third-order valence-corrected chi connectivity index (χ3v) is 8.19. The highest BCUT2D eigenvalue weighted by atomic mass is 15.2. The van der Waals surface area contributed by atoms with Gasteiger partial charge in [-0.25, -0.2) is 0 Å². The lowest BCUT2D eigenvalue weighted by atomic mass is 10.0. The number of likely N-dealkylation sites (tertiary alicyclic amines) is 3. The fraction of sp³-hybridized carbons (Fsp3) is 0.812. The highest BCUT2D eigenvalue weighted by Gasteiger charge is 2.47. The lowest BCUT2D eigenvalue weighted by Gasteiger charge is -2.29. The molecule has 5 rings (SSSR count). The molecule has 0 spiro atoms.